The fraction of sp³-hybridized carbons (Fsp3) is 0.348. The van der Waals surface area contributed by atoms with Gasteiger partial charge in [-0.3, -0.25) is 0 Å². The number of aromatic nitrogens is 2. The zero-order valence-electron chi connectivity index (χ0n) is 16.1. The lowest BCUT2D eigenvalue weighted by molar-refractivity contribution is 0.807. The summed E-state index contributed by atoms with van der Waals surface area (Å²) < 4.78 is 0. The third kappa shape index (κ3) is 3.26. The Morgan fingerprint density at radius 1 is 0.760 bits per heavy atom. The van der Waals surface area contributed by atoms with E-state index in [4.69, 9.17) is 4.98 Å². The zero-order chi connectivity index (χ0) is 18.1. The number of aromatic amines is 1. The van der Waals surface area contributed by atoms with E-state index in [0.29, 0.717) is 0 Å². The van der Waals surface area contributed by atoms with Crippen molar-refractivity contribution in [2.24, 2.45) is 0 Å². The van der Waals surface area contributed by atoms with E-state index in [2.05, 4.69) is 89.1 Å². The van der Waals surface area contributed by atoms with Gasteiger partial charge in [-0.05, 0) is 61.1 Å². The summed E-state index contributed by atoms with van der Waals surface area (Å²) in [5.41, 5.74) is 9.21. The van der Waals surface area contributed by atoms with Gasteiger partial charge < -0.3 is 4.98 Å². The van der Waals surface area contributed by atoms with E-state index in [1.54, 1.807) is 0 Å². The Bertz CT molecular complexity index is 817. The fourth-order valence-electron chi connectivity index (χ4n) is 3.59. The van der Waals surface area contributed by atoms with Crippen LogP contribution in [0.25, 0.3) is 0 Å². The molecule has 2 atom stereocenters. The molecule has 0 radical (unpaired) electrons. The minimum atomic E-state index is 0.263. The van der Waals surface area contributed by atoms with Crippen molar-refractivity contribution in [2.45, 2.75) is 53.4 Å². The van der Waals surface area contributed by atoms with E-state index < -0.39 is 0 Å². The molecule has 0 aliphatic rings. The van der Waals surface area contributed by atoms with Crippen molar-refractivity contribution in [2.75, 3.05) is 0 Å². The first-order chi connectivity index (χ1) is 11.9. The molecule has 1 heterocycles. The van der Waals surface area contributed by atoms with Gasteiger partial charge in [0.1, 0.15) is 5.82 Å². The number of aryl methyl sites for hydroxylation is 2. The molecule has 1 N–H and O–H groups in total. The number of hydrogen-bond acceptors (Lipinski definition) is 1. The van der Waals surface area contributed by atoms with E-state index in [9.17, 15) is 0 Å². The number of benzene rings is 2. The van der Waals surface area contributed by atoms with Crippen molar-refractivity contribution >= 4 is 0 Å². The Morgan fingerprint density at radius 2 is 1.28 bits per heavy atom. The Labute approximate surface area is 151 Å². The molecular weight excluding hydrogens is 304 g/mol. The number of imidazole rings is 1. The highest BCUT2D eigenvalue weighted by molar-refractivity contribution is 5.40. The molecular formula is C23H28N2. The van der Waals surface area contributed by atoms with Crippen molar-refractivity contribution in [3.05, 3.63) is 87.5 Å². The lowest BCUT2D eigenvalue weighted by Gasteiger charge is -2.15. The first-order valence-electron chi connectivity index (χ1n) is 9.07. The Balaban J connectivity index is 1.92. The molecule has 1 aromatic heterocycles. The van der Waals surface area contributed by atoms with E-state index in [-0.39, 0.29) is 11.8 Å². The van der Waals surface area contributed by atoms with Crippen LogP contribution in [0.1, 0.15) is 70.6 Å². The van der Waals surface area contributed by atoms with E-state index in [1.807, 2.05) is 0 Å². The molecule has 2 aromatic carbocycles. The van der Waals surface area contributed by atoms with Crippen LogP contribution in [0, 0.1) is 27.7 Å². The molecule has 2 nitrogen and oxygen atoms in total. The highest BCUT2D eigenvalue weighted by Gasteiger charge is 2.19. The van der Waals surface area contributed by atoms with Crippen molar-refractivity contribution < 1.29 is 0 Å². The molecule has 2 unspecified atom stereocenters. The second-order valence-electron chi connectivity index (χ2n) is 7.23. The molecule has 3 aromatic rings. The van der Waals surface area contributed by atoms with Gasteiger partial charge >= 0.3 is 0 Å². The number of nitrogens with one attached hydrogen (secondary N) is 1. The molecule has 0 amide bonds. The van der Waals surface area contributed by atoms with Crippen LogP contribution < -0.4 is 0 Å². The van der Waals surface area contributed by atoms with Crippen molar-refractivity contribution in [1.82, 2.24) is 9.97 Å². The predicted molar refractivity (Wildman–Crippen MR) is 105 cm³/mol. The zero-order valence-corrected chi connectivity index (χ0v) is 16.1. The van der Waals surface area contributed by atoms with Gasteiger partial charge in [-0.25, -0.2) is 4.98 Å². The number of hydrogen-bond donors (Lipinski definition) is 1. The molecule has 130 valence electrons. The van der Waals surface area contributed by atoms with Gasteiger partial charge in [-0.1, -0.05) is 50.2 Å². The Kier molecular flexibility index (Phi) is 4.80. The average Bonchev–Trinajstić information content (AvgIpc) is 3.09. The number of nitrogens with zero attached hydrogens (tertiary/aromatic N) is 1. The van der Waals surface area contributed by atoms with Crippen molar-refractivity contribution in [1.29, 1.82) is 0 Å². The van der Waals surface area contributed by atoms with Gasteiger partial charge in [0.05, 0.1) is 5.69 Å². The summed E-state index contributed by atoms with van der Waals surface area (Å²) in [6.07, 6.45) is 2.07. The minimum Gasteiger partial charge on any atom is -0.348 e. The maximum atomic E-state index is 4.95. The van der Waals surface area contributed by atoms with Gasteiger partial charge in [0.15, 0.2) is 0 Å². The van der Waals surface area contributed by atoms with Crippen molar-refractivity contribution in [3.8, 4) is 0 Å². The molecule has 0 spiro atoms. The molecule has 2 heteroatoms. The second kappa shape index (κ2) is 6.87. The average molecular weight is 332 g/mol. The minimum absolute atomic E-state index is 0.263. The predicted octanol–water partition coefficient (Wildman–Crippen LogP) is 5.95. The largest absolute Gasteiger partial charge is 0.348 e. The van der Waals surface area contributed by atoms with Crippen LogP contribution in [-0.2, 0) is 0 Å². The summed E-state index contributed by atoms with van der Waals surface area (Å²) in [6, 6.07) is 13.0. The Hall–Kier alpha value is -2.35. The molecule has 0 saturated heterocycles. The smallest absolute Gasteiger partial charge is 0.113 e. The van der Waals surface area contributed by atoms with Crippen LogP contribution in [0.2, 0.25) is 0 Å². The van der Waals surface area contributed by atoms with E-state index >= 15 is 0 Å². The Morgan fingerprint density at radius 3 is 1.84 bits per heavy atom. The normalized spacial score (nSPS) is 13.7. The standard InChI is InChI=1S/C23H28N2/c1-14-9-7-11-20(16(14)3)18(5)22-13-24-23(25-22)19(6)21-12-8-10-15(2)17(21)4/h7-13,18-19H,1-6H3,(H,24,25). The van der Waals surface area contributed by atoms with Crippen LogP contribution in [0.15, 0.2) is 42.6 Å². The third-order valence-electron chi connectivity index (χ3n) is 5.70. The molecule has 0 aliphatic carbocycles. The van der Waals surface area contributed by atoms with E-state index in [1.165, 1.54) is 33.4 Å². The molecule has 0 saturated carbocycles. The van der Waals surface area contributed by atoms with Crippen LogP contribution >= 0.6 is 0 Å². The second-order valence-corrected chi connectivity index (χ2v) is 7.23. The van der Waals surface area contributed by atoms with Crippen LogP contribution in [0.4, 0.5) is 0 Å². The quantitative estimate of drug-likeness (QED) is 0.628. The van der Waals surface area contributed by atoms with Crippen LogP contribution in [-0.4, -0.2) is 9.97 Å². The maximum absolute atomic E-state index is 4.95. The summed E-state index contributed by atoms with van der Waals surface area (Å²) in [6.45, 7) is 13.2. The molecule has 0 aliphatic heterocycles. The van der Waals surface area contributed by atoms with Gasteiger partial charge in [-0.2, -0.15) is 0 Å². The highest BCUT2D eigenvalue weighted by Crippen LogP contribution is 2.30. The molecule has 3 rings (SSSR count). The van der Waals surface area contributed by atoms with E-state index in [0.717, 1.165) is 11.5 Å². The lowest BCUT2D eigenvalue weighted by atomic mass is 9.91. The maximum Gasteiger partial charge on any atom is 0.113 e. The van der Waals surface area contributed by atoms with Gasteiger partial charge in [-0.15, -0.1) is 0 Å². The topological polar surface area (TPSA) is 28.7 Å². The third-order valence-corrected chi connectivity index (χ3v) is 5.70. The monoisotopic (exact) mass is 332 g/mol. The molecule has 0 fully saturated rings. The first-order valence-corrected chi connectivity index (χ1v) is 9.07. The van der Waals surface area contributed by atoms with Crippen LogP contribution in [0.5, 0.6) is 0 Å². The van der Waals surface area contributed by atoms with Crippen molar-refractivity contribution in [3.63, 3.8) is 0 Å². The lowest BCUT2D eigenvalue weighted by Crippen LogP contribution is -2.04. The van der Waals surface area contributed by atoms with Crippen LogP contribution in [0.3, 0.4) is 0 Å². The fourth-order valence-corrected chi connectivity index (χ4v) is 3.59. The summed E-state index contributed by atoms with van der Waals surface area (Å²) in [5.74, 6) is 1.59. The van der Waals surface area contributed by atoms with Gasteiger partial charge in [0.25, 0.3) is 0 Å². The summed E-state index contributed by atoms with van der Waals surface area (Å²) in [4.78, 5) is 8.37. The molecule has 0 bridgehead atoms. The molecule has 25 heavy (non-hydrogen) atoms. The summed E-state index contributed by atoms with van der Waals surface area (Å²) in [5, 5.41) is 0. The first kappa shape index (κ1) is 17.5. The summed E-state index contributed by atoms with van der Waals surface area (Å²) >= 11 is 0. The van der Waals surface area contributed by atoms with Gasteiger partial charge in [0, 0.05) is 18.0 Å². The van der Waals surface area contributed by atoms with Gasteiger partial charge in [0.2, 0.25) is 0 Å². The number of rotatable bonds is 4. The number of H-pyrrole nitrogens is 1. The SMILES string of the molecule is Cc1cccc(C(C)c2c[nH]c(C(C)c3cccc(C)c3C)n2)c1C. The summed E-state index contributed by atoms with van der Waals surface area (Å²) in [7, 11) is 0. The highest BCUT2D eigenvalue weighted by atomic mass is 14.9.